The zero-order valence-electron chi connectivity index (χ0n) is 19.2. The highest BCUT2D eigenvalue weighted by Gasteiger charge is 2.25. The molecular weight excluding hydrogens is 312 g/mol. The molecule has 0 aliphatic rings. The lowest BCUT2D eigenvalue weighted by Gasteiger charge is -2.29. The van der Waals surface area contributed by atoms with Gasteiger partial charge in [0, 0.05) is 0 Å². The van der Waals surface area contributed by atoms with Crippen molar-refractivity contribution in [1.82, 2.24) is 0 Å². The molecule has 2 aromatic carbocycles. The maximum Gasteiger partial charge on any atom is -0.0127 e. The van der Waals surface area contributed by atoms with E-state index in [0.29, 0.717) is 0 Å². The molecule has 0 heteroatoms. The van der Waals surface area contributed by atoms with Crippen molar-refractivity contribution in [3.63, 3.8) is 0 Å². The van der Waals surface area contributed by atoms with E-state index in [1.165, 1.54) is 55.6 Å². The molecule has 2 aromatic rings. The molecule has 0 saturated carbocycles. The standard InChI is InChI=1S/C26H38/c1-15-13-21(17(3)19(5)23(15)25(7,8)9)22-14-16(2)24(26(10,11)12)20(6)18(22)4/h13-14H,1-12H3. The highest BCUT2D eigenvalue weighted by molar-refractivity contribution is 5.76. The average Bonchev–Trinajstić information content (AvgIpc) is 2.44. The topological polar surface area (TPSA) is 0 Å². The first kappa shape index (κ1) is 20.7. The molecule has 142 valence electrons. The van der Waals surface area contributed by atoms with Crippen LogP contribution < -0.4 is 0 Å². The molecule has 0 heterocycles. The van der Waals surface area contributed by atoms with Gasteiger partial charge in [0.05, 0.1) is 0 Å². The van der Waals surface area contributed by atoms with Crippen LogP contribution in [0.1, 0.15) is 86.1 Å². The van der Waals surface area contributed by atoms with Crippen molar-refractivity contribution in [2.24, 2.45) is 0 Å². The fourth-order valence-corrected chi connectivity index (χ4v) is 5.03. The molecule has 0 bridgehead atoms. The van der Waals surface area contributed by atoms with E-state index in [4.69, 9.17) is 0 Å². The molecule has 0 spiro atoms. The second-order valence-electron chi connectivity index (χ2n) is 10.2. The quantitative estimate of drug-likeness (QED) is 0.492. The number of hydrogen-bond acceptors (Lipinski definition) is 0. The molecule has 0 aromatic heterocycles. The highest BCUT2D eigenvalue weighted by Crippen LogP contribution is 2.40. The maximum absolute atomic E-state index is 2.42. The van der Waals surface area contributed by atoms with Gasteiger partial charge in [-0.15, -0.1) is 0 Å². The van der Waals surface area contributed by atoms with Crippen molar-refractivity contribution in [3.8, 4) is 11.1 Å². The van der Waals surface area contributed by atoms with Gasteiger partial charge >= 0.3 is 0 Å². The van der Waals surface area contributed by atoms with E-state index in [2.05, 4.69) is 95.2 Å². The Morgan fingerprint density at radius 3 is 0.962 bits per heavy atom. The second kappa shape index (κ2) is 6.55. The van der Waals surface area contributed by atoms with Crippen LogP contribution in [0.15, 0.2) is 12.1 Å². The van der Waals surface area contributed by atoms with Gasteiger partial charge in [-0.2, -0.15) is 0 Å². The zero-order valence-corrected chi connectivity index (χ0v) is 19.2. The Hall–Kier alpha value is -1.56. The Morgan fingerprint density at radius 2 is 0.731 bits per heavy atom. The molecule has 0 saturated heterocycles. The summed E-state index contributed by atoms with van der Waals surface area (Å²) in [6.07, 6.45) is 0. The molecule has 0 N–H and O–H groups in total. The minimum Gasteiger partial charge on any atom is -0.0561 e. The summed E-state index contributed by atoms with van der Waals surface area (Å²) < 4.78 is 0. The van der Waals surface area contributed by atoms with Crippen molar-refractivity contribution < 1.29 is 0 Å². The van der Waals surface area contributed by atoms with Crippen LogP contribution in [0.4, 0.5) is 0 Å². The van der Waals surface area contributed by atoms with E-state index in [0.717, 1.165) is 0 Å². The van der Waals surface area contributed by atoms with Gasteiger partial charge in [0.1, 0.15) is 0 Å². The Morgan fingerprint density at radius 1 is 0.462 bits per heavy atom. The van der Waals surface area contributed by atoms with Gasteiger partial charge in [0.25, 0.3) is 0 Å². The first-order valence-electron chi connectivity index (χ1n) is 9.90. The van der Waals surface area contributed by atoms with Crippen LogP contribution in [0, 0.1) is 41.5 Å². The Labute approximate surface area is 162 Å². The minimum atomic E-state index is 0.175. The minimum absolute atomic E-state index is 0.175. The third kappa shape index (κ3) is 3.48. The van der Waals surface area contributed by atoms with E-state index < -0.39 is 0 Å². The normalized spacial score (nSPS) is 12.6. The van der Waals surface area contributed by atoms with E-state index in [1.54, 1.807) is 0 Å². The highest BCUT2D eigenvalue weighted by atomic mass is 14.3. The van der Waals surface area contributed by atoms with Gasteiger partial charge in [-0.05, 0) is 108 Å². The molecule has 26 heavy (non-hydrogen) atoms. The van der Waals surface area contributed by atoms with Crippen LogP contribution in [-0.4, -0.2) is 0 Å². The Balaban J connectivity index is 2.83. The van der Waals surface area contributed by atoms with E-state index in [1.807, 2.05) is 0 Å². The van der Waals surface area contributed by atoms with E-state index in [-0.39, 0.29) is 10.8 Å². The molecule has 0 atom stereocenters. The van der Waals surface area contributed by atoms with Crippen LogP contribution in [0.25, 0.3) is 11.1 Å². The molecule has 0 fully saturated rings. The summed E-state index contributed by atoms with van der Waals surface area (Å²) in [5.41, 5.74) is 14.7. The summed E-state index contributed by atoms with van der Waals surface area (Å²) >= 11 is 0. The van der Waals surface area contributed by atoms with Gasteiger partial charge in [-0.25, -0.2) is 0 Å². The third-order valence-corrected chi connectivity index (χ3v) is 5.98. The molecule has 0 radical (unpaired) electrons. The van der Waals surface area contributed by atoms with Gasteiger partial charge in [0.2, 0.25) is 0 Å². The third-order valence-electron chi connectivity index (χ3n) is 5.98. The summed E-state index contributed by atoms with van der Waals surface area (Å²) in [4.78, 5) is 0. The Kier molecular flexibility index (Phi) is 5.23. The lowest BCUT2D eigenvalue weighted by molar-refractivity contribution is 0.580. The van der Waals surface area contributed by atoms with Crippen molar-refractivity contribution in [2.45, 2.75) is 93.9 Å². The SMILES string of the molecule is Cc1cc(-c2cc(C)c(C(C)(C)C)c(C)c2C)c(C)c(C)c1C(C)(C)C. The summed E-state index contributed by atoms with van der Waals surface area (Å²) in [6.45, 7) is 27.6. The predicted molar refractivity (Wildman–Crippen MR) is 118 cm³/mol. The fourth-order valence-electron chi connectivity index (χ4n) is 5.03. The number of benzene rings is 2. The molecular formula is C26H38. The van der Waals surface area contributed by atoms with Crippen molar-refractivity contribution in [3.05, 3.63) is 56.6 Å². The number of rotatable bonds is 1. The van der Waals surface area contributed by atoms with Crippen LogP contribution in [-0.2, 0) is 10.8 Å². The monoisotopic (exact) mass is 350 g/mol. The summed E-state index contributed by atoms with van der Waals surface area (Å²) in [5.74, 6) is 0. The van der Waals surface area contributed by atoms with Gasteiger partial charge in [-0.3, -0.25) is 0 Å². The maximum atomic E-state index is 2.42. The van der Waals surface area contributed by atoms with Gasteiger partial charge in [-0.1, -0.05) is 53.7 Å². The molecule has 0 aliphatic heterocycles. The summed E-state index contributed by atoms with van der Waals surface area (Å²) in [6, 6.07) is 4.84. The summed E-state index contributed by atoms with van der Waals surface area (Å²) in [7, 11) is 0. The average molecular weight is 351 g/mol. The van der Waals surface area contributed by atoms with E-state index in [9.17, 15) is 0 Å². The molecule has 2 rings (SSSR count). The molecule has 0 nitrogen and oxygen atoms in total. The van der Waals surface area contributed by atoms with Crippen molar-refractivity contribution in [1.29, 1.82) is 0 Å². The molecule has 0 unspecified atom stereocenters. The van der Waals surface area contributed by atoms with Gasteiger partial charge in [0.15, 0.2) is 0 Å². The van der Waals surface area contributed by atoms with Crippen molar-refractivity contribution in [2.75, 3.05) is 0 Å². The second-order valence-corrected chi connectivity index (χ2v) is 10.2. The first-order valence-corrected chi connectivity index (χ1v) is 9.90. The number of hydrogen-bond donors (Lipinski definition) is 0. The molecule has 0 amide bonds. The van der Waals surface area contributed by atoms with Crippen LogP contribution in [0.3, 0.4) is 0 Å². The van der Waals surface area contributed by atoms with Crippen LogP contribution in [0.5, 0.6) is 0 Å². The first-order chi connectivity index (χ1) is 11.7. The number of aryl methyl sites for hydroxylation is 2. The summed E-state index contributed by atoms with van der Waals surface area (Å²) in [5, 5.41) is 0. The van der Waals surface area contributed by atoms with Gasteiger partial charge < -0.3 is 0 Å². The van der Waals surface area contributed by atoms with Crippen LogP contribution >= 0.6 is 0 Å². The molecule has 0 aliphatic carbocycles. The zero-order chi connectivity index (χ0) is 20.2. The Bertz CT molecular complexity index is 776. The largest absolute Gasteiger partial charge is 0.0561 e. The van der Waals surface area contributed by atoms with E-state index >= 15 is 0 Å². The fraction of sp³-hybridized carbons (Fsp3) is 0.538. The predicted octanol–water partition coefficient (Wildman–Crippen LogP) is 7.80. The van der Waals surface area contributed by atoms with Crippen LogP contribution in [0.2, 0.25) is 0 Å². The van der Waals surface area contributed by atoms with Crippen molar-refractivity contribution >= 4 is 0 Å². The lowest BCUT2D eigenvalue weighted by atomic mass is 9.75. The smallest absolute Gasteiger partial charge is 0.0127 e. The lowest BCUT2D eigenvalue weighted by Crippen LogP contribution is -2.17.